The van der Waals surface area contributed by atoms with E-state index in [9.17, 15) is 4.79 Å². The van der Waals surface area contributed by atoms with Crippen LogP contribution in [0.5, 0.6) is 0 Å². The van der Waals surface area contributed by atoms with E-state index in [0.29, 0.717) is 23.5 Å². The van der Waals surface area contributed by atoms with Gasteiger partial charge in [0.2, 0.25) is 0 Å². The number of benzene rings is 3. The molecule has 3 heterocycles. The number of rotatable bonds is 6. The Bertz CT molecular complexity index is 1670. The smallest absolute Gasteiger partial charge is 0.328 e. The number of hydrogen-bond acceptors (Lipinski definition) is 6. The summed E-state index contributed by atoms with van der Waals surface area (Å²) in [5.41, 5.74) is 12.9. The highest BCUT2D eigenvalue weighted by Gasteiger charge is 2.22. The zero-order valence-electron chi connectivity index (χ0n) is 20.9. The summed E-state index contributed by atoms with van der Waals surface area (Å²) < 4.78 is 1.62. The number of nitrogens with two attached hydrogens (primary N) is 1. The molecule has 6 rings (SSSR count). The minimum atomic E-state index is -0.241. The Morgan fingerprint density at radius 3 is 2.32 bits per heavy atom. The molecule has 8 heteroatoms. The molecule has 0 radical (unpaired) electrons. The van der Waals surface area contributed by atoms with Crippen LogP contribution < -0.4 is 16.3 Å². The van der Waals surface area contributed by atoms with Gasteiger partial charge in [-0.3, -0.25) is 4.57 Å². The molecule has 3 aromatic carbocycles. The predicted octanol–water partition coefficient (Wildman–Crippen LogP) is 5.47. The molecule has 1 aliphatic heterocycles. The van der Waals surface area contributed by atoms with Crippen LogP contribution in [0, 0.1) is 6.92 Å². The van der Waals surface area contributed by atoms with E-state index < -0.39 is 0 Å². The first-order chi connectivity index (χ1) is 18.0. The van der Waals surface area contributed by atoms with Crippen molar-refractivity contribution in [1.29, 1.82) is 0 Å². The number of nitrogen functional groups attached to an aromatic ring is 1. The van der Waals surface area contributed by atoms with Crippen molar-refractivity contribution in [3.8, 4) is 0 Å². The standard InChI is InChI=1S/C29H28N6OS/c1-18-31-27(30)26-28(32-18)35(29(36)33-26)17-21-12-14-23-25(16-21)37-24-15-20(11-13-22(24)34(23)2)10-6-9-19-7-4-3-5-8-19/h3-5,7-8,11-16H,6,9-10,17H2,1-2H3,(H,33,36)(H2,30,31,32). The van der Waals surface area contributed by atoms with Gasteiger partial charge in [0.15, 0.2) is 11.5 Å². The van der Waals surface area contributed by atoms with E-state index in [4.69, 9.17) is 5.73 Å². The molecule has 0 spiro atoms. The minimum absolute atomic E-state index is 0.241. The molecular formula is C29H28N6OS. The van der Waals surface area contributed by atoms with Gasteiger partial charge in [0, 0.05) is 16.8 Å². The van der Waals surface area contributed by atoms with Crippen LogP contribution in [-0.4, -0.2) is 26.6 Å². The molecule has 37 heavy (non-hydrogen) atoms. The topological polar surface area (TPSA) is 92.8 Å². The van der Waals surface area contributed by atoms with Crippen molar-refractivity contribution in [3.05, 3.63) is 99.7 Å². The number of anilines is 3. The first-order valence-corrected chi connectivity index (χ1v) is 13.2. The summed E-state index contributed by atoms with van der Waals surface area (Å²) in [5.74, 6) is 0.828. The maximum atomic E-state index is 12.7. The second-order valence-electron chi connectivity index (χ2n) is 9.48. The van der Waals surface area contributed by atoms with Gasteiger partial charge in [-0.2, -0.15) is 0 Å². The molecule has 0 saturated carbocycles. The second kappa shape index (κ2) is 9.44. The fraction of sp³-hybridized carbons (Fsp3) is 0.207. The van der Waals surface area contributed by atoms with Crippen molar-refractivity contribution >= 4 is 40.1 Å². The number of nitrogens with one attached hydrogen (secondary N) is 1. The lowest BCUT2D eigenvalue weighted by Crippen LogP contribution is -2.18. The molecule has 0 bridgehead atoms. The third-order valence-electron chi connectivity index (χ3n) is 6.87. The van der Waals surface area contributed by atoms with Crippen molar-refractivity contribution in [1.82, 2.24) is 19.5 Å². The van der Waals surface area contributed by atoms with Crippen LogP contribution >= 0.6 is 11.8 Å². The lowest BCUT2D eigenvalue weighted by atomic mass is 10.0. The summed E-state index contributed by atoms with van der Waals surface area (Å²) in [5, 5.41) is 0. The van der Waals surface area contributed by atoms with E-state index in [1.807, 2.05) is 0 Å². The predicted molar refractivity (Wildman–Crippen MR) is 150 cm³/mol. The number of aromatic amines is 1. The molecule has 0 fully saturated rings. The van der Waals surface area contributed by atoms with E-state index in [0.717, 1.165) is 30.5 Å². The summed E-state index contributed by atoms with van der Waals surface area (Å²) in [6, 6.07) is 23.8. The number of aromatic nitrogens is 4. The van der Waals surface area contributed by atoms with Gasteiger partial charge in [-0.1, -0.05) is 54.2 Å². The van der Waals surface area contributed by atoms with Crippen molar-refractivity contribution in [2.24, 2.45) is 0 Å². The van der Waals surface area contributed by atoms with Gasteiger partial charge in [0.1, 0.15) is 11.3 Å². The van der Waals surface area contributed by atoms with Crippen LogP contribution in [0.15, 0.2) is 81.3 Å². The molecule has 186 valence electrons. The maximum absolute atomic E-state index is 12.7. The Kier molecular flexibility index (Phi) is 5.96. The Balaban J connectivity index is 1.24. The second-order valence-corrected chi connectivity index (χ2v) is 10.6. The van der Waals surface area contributed by atoms with Crippen LogP contribution in [0.2, 0.25) is 0 Å². The number of aryl methyl sites for hydroxylation is 3. The van der Waals surface area contributed by atoms with Gasteiger partial charge < -0.3 is 15.6 Å². The molecule has 3 N–H and O–H groups in total. The summed E-state index contributed by atoms with van der Waals surface area (Å²) in [6.45, 7) is 2.18. The highest BCUT2D eigenvalue weighted by molar-refractivity contribution is 7.99. The Morgan fingerprint density at radius 1 is 0.892 bits per heavy atom. The molecule has 0 aliphatic carbocycles. The highest BCUT2D eigenvalue weighted by atomic mass is 32.2. The van der Waals surface area contributed by atoms with E-state index >= 15 is 0 Å². The van der Waals surface area contributed by atoms with Crippen molar-refractivity contribution in [2.45, 2.75) is 42.5 Å². The molecule has 0 unspecified atom stereocenters. The molecule has 0 atom stereocenters. The van der Waals surface area contributed by atoms with Crippen molar-refractivity contribution in [3.63, 3.8) is 0 Å². The van der Waals surface area contributed by atoms with Crippen LogP contribution in [0.25, 0.3) is 11.2 Å². The lowest BCUT2D eigenvalue weighted by Gasteiger charge is -2.30. The average Bonchev–Trinajstić information content (AvgIpc) is 3.20. The summed E-state index contributed by atoms with van der Waals surface area (Å²) in [7, 11) is 2.11. The van der Waals surface area contributed by atoms with E-state index in [1.165, 1.54) is 26.6 Å². The quantitative estimate of drug-likeness (QED) is 0.316. The van der Waals surface area contributed by atoms with Gasteiger partial charge >= 0.3 is 5.69 Å². The summed E-state index contributed by atoms with van der Waals surface area (Å²) in [4.78, 5) is 28.8. The van der Waals surface area contributed by atoms with Crippen LogP contribution in [-0.2, 0) is 19.4 Å². The number of imidazole rings is 1. The minimum Gasteiger partial charge on any atom is -0.382 e. The Hall–Kier alpha value is -4.04. The lowest BCUT2D eigenvalue weighted by molar-refractivity contribution is 0.773. The number of hydrogen-bond donors (Lipinski definition) is 2. The fourth-order valence-corrected chi connectivity index (χ4v) is 6.25. The number of fused-ring (bicyclic) bond motifs is 3. The van der Waals surface area contributed by atoms with Crippen molar-refractivity contribution < 1.29 is 0 Å². The first kappa shape index (κ1) is 23.4. The molecule has 1 aliphatic rings. The van der Waals surface area contributed by atoms with Crippen molar-refractivity contribution in [2.75, 3.05) is 17.7 Å². The summed E-state index contributed by atoms with van der Waals surface area (Å²) >= 11 is 1.79. The third kappa shape index (κ3) is 4.49. The largest absolute Gasteiger partial charge is 0.382 e. The van der Waals surface area contributed by atoms with Gasteiger partial charge in [-0.25, -0.2) is 14.8 Å². The van der Waals surface area contributed by atoms with Crippen LogP contribution in [0.4, 0.5) is 17.2 Å². The normalized spacial score (nSPS) is 12.5. The zero-order valence-corrected chi connectivity index (χ0v) is 21.7. The van der Waals surface area contributed by atoms with E-state index in [-0.39, 0.29) is 11.5 Å². The molecular weight excluding hydrogens is 480 g/mol. The van der Waals surface area contributed by atoms with E-state index in [1.54, 1.807) is 23.3 Å². The third-order valence-corrected chi connectivity index (χ3v) is 7.96. The summed E-state index contributed by atoms with van der Waals surface area (Å²) in [6.07, 6.45) is 3.25. The molecule has 0 saturated heterocycles. The highest BCUT2D eigenvalue weighted by Crippen LogP contribution is 2.48. The number of H-pyrrole nitrogens is 1. The number of nitrogens with zero attached hydrogens (tertiary/aromatic N) is 4. The maximum Gasteiger partial charge on any atom is 0.328 e. The first-order valence-electron chi connectivity index (χ1n) is 12.4. The average molecular weight is 509 g/mol. The van der Waals surface area contributed by atoms with E-state index in [2.05, 4.69) is 93.6 Å². The molecule has 0 amide bonds. The Morgan fingerprint density at radius 2 is 1.57 bits per heavy atom. The fourth-order valence-electron chi connectivity index (χ4n) is 4.97. The SMILES string of the molecule is Cc1nc(N)c2[nH]c(=O)n(Cc3ccc4c(c3)Sc3cc(CCCc5ccccc5)ccc3N4C)c2n1. The molecule has 5 aromatic rings. The van der Waals surface area contributed by atoms with Gasteiger partial charge in [-0.05, 0) is 67.1 Å². The molecule has 2 aromatic heterocycles. The van der Waals surface area contributed by atoms with Gasteiger partial charge in [0.05, 0.1) is 17.9 Å². The molecule has 7 nitrogen and oxygen atoms in total. The van der Waals surface area contributed by atoms with Gasteiger partial charge in [-0.15, -0.1) is 0 Å². The van der Waals surface area contributed by atoms with Gasteiger partial charge in [0.25, 0.3) is 0 Å². The van der Waals surface area contributed by atoms with Crippen LogP contribution in [0.3, 0.4) is 0 Å². The zero-order chi connectivity index (χ0) is 25.5. The Labute approximate surface area is 219 Å². The van der Waals surface area contributed by atoms with Crippen LogP contribution in [0.1, 0.15) is 28.9 Å². The monoisotopic (exact) mass is 508 g/mol.